The summed E-state index contributed by atoms with van der Waals surface area (Å²) in [4.78, 5) is 14.5. The molecule has 1 N–H and O–H groups in total. The Hall–Kier alpha value is -2.18. The van der Waals surface area contributed by atoms with Crippen LogP contribution in [0.2, 0.25) is 0 Å². The maximum Gasteiger partial charge on any atom is 0.289 e. The van der Waals surface area contributed by atoms with Crippen LogP contribution in [0.1, 0.15) is 17.5 Å². The highest BCUT2D eigenvalue weighted by atomic mass is 16.5. The second kappa shape index (κ2) is 7.39. The molecule has 0 unspecified atom stereocenters. The van der Waals surface area contributed by atoms with E-state index < -0.39 is 0 Å². The molecule has 2 aromatic rings. The zero-order valence-electron chi connectivity index (χ0n) is 13.2. The van der Waals surface area contributed by atoms with Crippen molar-refractivity contribution in [2.75, 3.05) is 32.8 Å². The number of rotatable bonds is 5. The number of morpholine rings is 1. The summed E-state index contributed by atoms with van der Waals surface area (Å²) < 4.78 is 10.5. The first-order valence-electron chi connectivity index (χ1n) is 7.86. The van der Waals surface area contributed by atoms with Gasteiger partial charge < -0.3 is 14.6 Å². The van der Waals surface area contributed by atoms with Crippen LogP contribution in [0.5, 0.6) is 0 Å². The number of carbonyl (C=O) groups excluding carboxylic acids is 1. The second-order valence-corrected chi connectivity index (χ2v) is 5.65. The van der Waals surface area contributed by atoms with Gasteiger partial charge in [0.15, 0.2) is 0 Å². The molecular weight excluding hydrogens is 294 g/mol. The van der Waals surface area contributed by atoms with Crippen molar-refractivity contribution >= 4 is 5.91 Å². The molecule has 0 saturated carbocycles. The average Bonchev–Trinajstić information content (AvgIpc) is 3.11. The molecule has 1 fully saturated rings. The van der Waals surface area contributed by atoms with Gasteiger partial charge in [-0.25, -0.2) is 0 Å². The molecule has 2 heterocycles. The molecule has 0 bridgehead atoms. The van der Waals surface area contributed by atoms with Crippen LogP contribution in [0.25, 0.3) is 11.3 Å². The van der Waals surface area contributed by atoms with Gasteiger partial charge in [0.1, 0.15) is 5.69 Å². The minimum atomic E-state index is -0.236. The number of hydrogen-bond donors (Lipinski definition) is 1. The van der Waals surface area contributed by atoms with Crippen molar-refractivity contribution in [3.63, 3.8) is 0 Å². The second-order valence-electron chi connectivity index (χ2n) is 5.65. The van der Waals surface area contributed by atoms with Gasteiger partial charge in [0.05, 0.1) is 13.2 Å². The van der Waals surface area contributed by atoms with Gasteiger partial charge >= 0.3 is 0 Å². The highest BCUT2D eigenvalue weighted by Crippen LogP contribution is 2.18. The molecule has 1 aliphatic rings. The monoisotopic (exact) mass is 315 g/mol. The molecule has 1 aliphatic heterocycles. The molecule has 23 heavy (non-hydrogen) atoms. The molecule has 1 aromatic carbocycles. The van der Waals surface area contributed by atoms with Crippen LogP contribution in [0, 0.1) is 0 Å². The molecule has 6 heteroatoms. The summed E-state index contributed by atoms with van der Waals surface area (Å²) in [6.45, 7) is 5.97. The van der Waals surface area contributed by atoms with Crippen molar-refractivity contribution in [2.45, 2.75) is 13.0 Å². The quantitative estimate of drug-likeness (QED) is 0.911. The van der Waals surface area contributed by atoms with Crippen LogP contribution in [0.4, 0.5) is 0 Å². The van der Waals surface area contributed by atoms with Crippen molar-refractivity contribution in [2.24, 2.45) is 0 Å². The third-order valence-corrected chi connectivity index (χ3v) is 4.03. The van der Waals surface area contributed by atoms with E-state index in [1.165, 1.54) is 0 Å². The number of aromatic nitrogens is 1. The number of carbonyl (C=O) groups is 1. The van der Waals surface area contributed by atoms with Crippen molar-refractivity contribution in [3.8, 4) is 11.3 Å². The summed E-state index contributed by atoms with van der Waals surface area (Å²) in [5, 5.41) is 6.87. The van der Waals surface area contributed by atoms with Gasteiger partial charge in [0.2, 0.25) is 5.76 Å². The van der Waals surface area contributed by atoms with E-state index in [-0.39, 0.29) is 17.7 Å². The molecule has 1 saturated heterocycles. The minimum Gasteiger partial charge on any atom is -0.379 e. The topological polar surface area (TPSA) is 67.6 Å². The third kappa shape index (κ3) is 3.97. The largest absolute Gasteiger partial charge is 0.379 e. The predicted octanol–water partition coefficient (Wildman–Crippen LogP) is 1.79. The van der Waals surface area contributed by atoms with E-state index in [4.69, 9.17) is 9.26 Å². The van der Waals surface area contributed by atoms with Gasteiger partial charge in [-0.2, -0.15) is 0 Å². The van der Waals surface area contributed by atoms with E-state index in [0.29, 0.717) is 12.2 Å². The van der Waals surface area contributed by atoms with Crippen molar-refractivity contribution in [3.05, 3.63) is 42.2 Å². The lowest BCUT2D eigenvalue weighted by molar-refractivity contribution is 0.0203. The summed E-state index contributed by atoms with van der Waals surface area (Å²) in [6, 6.07) is 11.6. The third-order valence-electron chi connectivity index (χ3n) is 4.03. The number of nitrogens with zero attached hydrogens (tertiary/aromatic N) is 2. The van der Waals surface area contributed by atoms with Crippen molar-refractivity contribution in [1.29, 1.82) is 0 Å². The highest BCUT2D eigenvalue weighted by Gasteiger charge is 2.19. The maximum absolute atomic E-state index is 12.2. The number of benzene rings is 1. The van der Waals surface area contributed by atoms with Gasteiger partial charge in [-0.15, -0.1) is 0 Å². The van der Waals surface area contributed by atoms with Crippen LogP contribution < -0.4 is 5.32 Å². The van der Waals surface area contributed by atoms with Gasteiger partial charge in [-0.05, 0) is 6.92 Å². The molecule has 0 spiro atoms. The Kier molecular flexibility index (Phi) is 5.05. The maximum atomic E-state index is 12.2. The highest BCUT2D eigenvalue weighted by molar-refractivity contribution is 5.92. The Morgan fingerprint density at radius 2 is 2.04 bits per heavy atom. The van der Waals surface area contributed by atoms with Crippen LogP contribution in [0.3, 0.4) is 0 Å². The van der Waals surface area contributed by atoms with Crippen LogP contribution in [0.15, 0.2) is 40.9 Å². The standard InChI is InChI=1S/C17H21N3O3/c1-13(20-7-9-22-10-8-20)12-18-17(21)16-11-15(19-23-16)14-5-3-2-4-6-14/h2-6,11,13H,7-10,12H2,1H3,(H,18,21)/t13-/m0/s1. The Morgan fingerprint density at radius 1 is 1.30 bits per heavy atom. The summed E-state index contributed by atoms with van der Waals surface area (Å²) in [5.41, 5.74) is 1.59. The summed E-state index contributed by atoms with van der Waals surface area (Å²) >= 11 is 0. The van der Waals surface area contributed by atoms with Crippen LogP contribution in [-0.4, -0.2) is 54.9 Å². The molecule has 1 amide bonds. The Labute approximate surface area is 135 Å². The first kappa shape index (κ1) is 15.7. The van der Waals surface area contributed by atoms with Gasteiger partial charge in [0.25, 0.3) is 5.91 Å². The summed E-state index contributed by atoms with van der Waals surface area (Å²) in [5.74, 6) is -0.00202. The van der Waals surface area contributed by atoms with Gasteiger partial charge in [0, 0.05) is 37.3 Å². The smallest absolute Gasteiger partial charge is 0.289 e. The summed E-state index contributed by atoms with van der Waals surface area (Å²) in [6.07, 6.45) is 0. The molecular formula is C17H21N3O3. The molecule has 0 aliphatic carbocycles. The van der Waals surface area contributed by atoms with Crippen molar-refractivity contribution < 1.29 is 14.1 Å². The van der Waals surface area contributed by atoms with Gasteiger partial charge in [-0.3, -0.25) is 9.69 Å². The fraction of sp³-hybridized carbons (Fsp3) is 0.412. The zero-order chi connectivity index (χ0) is 16.1. The predicted molar refractivity (Wildman–Crippen MR) is 86.1 cm³/mol. The number of nitrogens with one attached hydrogen (secondary N) is 1. The van der Waals surface area contributed by atoms with E-state index in [1.807, 2.05) is 30.3 Å². The van der Waals surface area contributed by atoms with Crippen LogP contribution >= 0.6 is 0 Å². The molecule has 1 atom stereocenters. The fourth-order valence-electron chi connectivity index (χ4n) is 2.60. The number of ether oxygens (including phenoxy) is 1. The van der Waals surface area contributed by atoms with Gasteiger partial charge in [-0.1, -0.05) is 35.5 Å². The Morgan fingerprint density at radius 3 is 2.78 bits per heavy atom. The van der Waals surface area contributed by atoms with E-state index in [1.54, 1.807) is 6.07 Å². The first-order valence-corrected chi connectivity index (χ1v) is 7.86. The first-order chi connectivity index (χ1) is 11.2. The summed E-state index contributed by atoms with van der Waals surface area (Å²) in [7, 11) is 0. The Bertz CT molecular complexity index is 636. The zero-order valence-corrected chi connectivity index (χ0v) is 13.2. The normalized spacial score (nSPS) is 16.9. The molecule has 0 radical (unpaired) electrons. The lowest BCUT2D eigenvalue weighted by atomic mass is 10.1. The average molecular weight is 315 g/mol. The molecule has 1 aromatic heterocycles. The number of hydrogen-bond acceptors (Lipinski definition) is 5. The number of amides is 1. The lowest BCUT2D eigenvalue weighted by Gasteiger charge is -2.32. The van der Waals surface area contributed by atoms with E-state index >= 15 is 0 Å². The lowest BCUT2D eigenvalue weighted by Crippen LogP contribution is -2.47. The van der Waals surface area contributed by atoms with Crippen LogP contribution in [-0.2, 0) is 4.74 Å². The fourth-order valence-corrected chi connectivity index (χ4v) is 2.60. The Balaban J connectivity index is 1.55. The SMILES string of the molecule is C[C@@H](CNC(=O)c1cc(-c2ccccc2)no1)N1CCOCC1. The van der Waals surface area contributed by atoms with E-state index in [0.717, 1.165) is 31.9 Å². The molecule has 3 rings (SSSR count). The van der Waals surface area contributed by atoms with E-state index in [2.05, 4.69) is 22.3 Å². The van der Waals surface area contributed by atoms with E-state index in [9.17, 15) is 4.79 Å². The minimum absolute atomic E-state index is 0.234. The van der Waals surface area contributed by atoms with Crippen molar-refractivity contribution in [1.82, 2.24) is 15.4 Å². The molecule has 122 valence electrons. The molecule has 6 nitrogen and oxygen atoms in total.